The summed E-state index contributed by atoms with van der Waals surface area (Å²) in [6.07, 6.45) is 0. The lowest BCUT2D eigenvalue weighted by atomic mass is 10.1. The topological polar surface area (TPSA) is 12.4 Å². The molecular weight excluding hydrogens is 146 g/mol. The van der Waals surface area contributed by atoms with Crippen molar-refractivity contribution < 1.29 is 0 Å². The van der Waals surface area contributed by atoms with Crippen molar-refractivity contribution in [2.45, 2.75) is 27.7 Å². The molecule has 0 bridgehead atoms. The maximum atomic E-state index is 3.88. The lowest BCUT2D eigenvalue weighted by Gasteiger charge is -2.01. The molecule has 12 heavy (non-hydrogen) atoms. The van der Waals surface area contributed by atoms with Gasteiger partial charge in [-0.05, 0) is 37.8 Å². The number of benzene rings is 1. The minimum Gasteiger partial charge on any atom is -0.264 e. The van der Waals surface area contributed by atoms with Gasteiger partial charge in [-0.2, -0.15) is 0 Å². The molecule has 1 heteroatoms. The zero-order valence-corrected chi connectivity index (χ0v) is 8.39. The van der Waals surface area contributed by atoms with Gasteiger partial charge in [-0.25, -0.2) is 0 Å². The average Bonchev–Trinajstić information content (AvgIpc) is 2.13. The molecule has 0 heterocycles. The van der Waals surface area contributed by atoms with Crippen LogP contribution in [0.2, 0.25) is 0 Å². The predicted octanol–water partition coefficient (Wildman–Crippen LogP) is 3.66. The Morgan fingerprint density at radius 1 is 1.17 bits per heavy atom. The fourth-order valence-corrected chi connectivity index (χ4v) is 0.907. The summed E-state index contributed by atoms with van der Waals surface area (Å²) in [6, 6.07) is 6.03. The van der Waals surface area contributed by atoms with Gasteiger partial charge in [0.25, 0.3) is 0 Å². The third kappa shape index (κ3) is 2.50. The summed E-state index contributed by atoms with van der Waals surface area (Å²) >= 11 is 0. The molecule has 0 atom stereocenters. The van der Waals surface area contributed by atoms with E-state index < -0.39 is 0 Å². The Labute approximate surface area is 75.2 Å². The zero-order valence-electron chi connectivity index (χ0n) is 8.39. The highest BCUT2D eigenvalue weighted by Gasteiger charge is 1.95. The molecule has 1 aromatic rings. The highest BCUT2D eigenvalue weighted by atomic mass is 14.7. The van der Waals surface area contributed by atoms with Gasteiger partial charge in [-0.1, -0.05) is 26.0 Å². The molecule has 1 rings (SSSR count). The second-order valence-electron chi connectivity index (χ2n) is 2.38. The smallest absolute Gasteiger partial charge is 0.0654 e. The van der Waals surface area contributed by atoms with E-state index in [4.69, 9.17) is 0 Å². The SMILES string of the molecule is C=Nc1cccc(C)c1C.CC. The van der Waals surface area contributed by atoms with Gasteiger partial charge in [0.05, 0.1) is 5.69 Å². The number of nitrogens with zero attached hydrogens (tertiary/aromatic N) is 1. The summed E-state index contributed by atoms with van der Waals surface area (Å²) in [6.45, 7) is 11.6. The summed E-state index contributed by atoms with van der Waals surface area (Å²) in [5, 5.41) is 0. The molecule has 0 aromatic heterocycles. The van der Waals surface area contributed by atoms with Gasteiger partial charge in [0.1, 0.15) is 0 Å². The Kier molecular flexibility index (Phi) is 5.02. The zero-order chi connectivity index (χ0) is 9.56. The van der Waals surface area contributed by atoms with E-state index in [1.54, 1.807) is 0 Å². The molecule has 0 aliphatic heterocycles. The highest BCUT2D eigenvalue weighted by Crippen LogP contribution is 2.19. The van der Waals surface area contributed by atoms with Crippen LogP contribution in [-0.2, 0) is 0 Å². The molecule has 0 saturated carbocycles. The molecule has 0 radical (unpaired) electrons. The third-order valence-electron chi connectivity index (χ3n) is 1.75. The number of aliphatic imine (C=N–C) groups is 1. The normalized spacial score (nSPS) is 8.33. The maximum absolute atomic E-state index is 3.88. The van der Waals surface area contributed by atoms with Crippen molar-refractivity contribution in [2.75, 3.05) is 0 Å². The standard InChI is InChI=1S/C9H11N.C2H6/c1-7-5-4-6-9(10-3)8(7)2;1-2/h4-6H,3H2,1-2H3;1-2H3. The molecule has 1 aromatic carbocycles. The van der Waals surface area contributed by atoms with Crippen molar-refractivity contribution in [3.63, 3.8) is 0 Å². The molecule has 1 nitrogen and oxygen atoms in total. The van der Waals surface area contributed by atoms with Crippen molar-refractivity contribution in [1.82, 2.24) is 0 Å². The largest absolute Gasteiger partial charge is 0.264 e. The summed E-state index contributed by atoms with van der Waals surface area (Å²) in [5.74, 6) is 0. The molecule has 0 aliphatic rings. The Morgan fingerprint density at radius 3 is 2.17 bits per heavy atom. The highest BCUT2D eigenvalue weighted by molar-refractivity contribution is 5.53. The van der Waals surface area contributed by atoms with Crippen LogP contribution < -0.4 is 0 Å². The first-order valence-corrected chi connectivity index (χ1v) is 4.28. The van der Waals surface area contributed by atoms with Gasteiger partial charge in [-0.3, -0.25) is 4.99 Å². The monoisotopic (exact) mass is 163 g/mol. The average molecular weight is 163 g/mol. The summed E-state index contributed by atoms with van der Waals surface area (Å²) in [7, 11) is 0. The second kappa shape index (κ2) is 5.53. The van der Waals surface area contributed by atoms with E-state index in [2.05, 4.69) is 31.6 Å². The number of hydrogen-bond acceptors (Lipinski definition) is 1. The molecule has 0 N–H and O–H groups in total. The van der Waals surface area contributed by atoms with E-state index in [9.17, 15) is 0 Å². The molecule has 66 valence electrons. The predicted molar refractivity (Wildman–Crippen MR) is 56.5 cm³/mol. The molecule has 0 fully saturated rings. The van der Waals surface area contributed by atoms with E-state index in [0.717, 1.165) is 5.69 Å². The van der Waals surface area contributed by atoms with Crippen LogP contribution in [0.1, 0.15) is 25.0 Å². The molecule has 0 saturated heterocycles. The minimum absolute atomic E-state index is 0.986. The van der Waals surface area contributed by atoms with Crippen molar-refractivity contribution in [3.05, 3.63) is 29.3 Å². The summed E-state index contributed by atoms with van der Waals surface area (Å²) in [4.78, 5) is 3.88. The van der Waals surface area contributed by atoms with Crippen LogP contribution in [0.3, 0.4) is 0 Å². The molecule has 0 spiro atoms. The number of aryl methyl sites for hydroxylation is 1. The number of rotatable bonds is 1. The van der Waals surface area contributed by atoms with Crippen molar-refractivity contribution in [1.29, 1.82) is 0 Å². The van der Waals surface area contributed by atoms with Crippen LogP contribution in [0.25, 0.3) is 0 Å². The molecular formula is C11H17N. The lowest BCUT2D eigenvalue weighted by Crippen LogP contribution is -1.78. The van der Waals surface area contributed by atoms with Gasteiger partial charge in [-0.15, -0.1) is 0 Å². The third-order valence-corrected chi connectivity index (χ3v) is 1.75. The van der Waals surface area contributed by atoms with Gasteiger partial charge in [0.2, 0.25) is 0 Å². The Balaban J connectivity index is 0.000000561. The fraction of sp³-hybridized carbons (Fsp3) is 0.364. The molecule has 0 unspecified atom stereocenters. The van der Waals surface area contributed by atoms with E-state index in [1.807, 2.05) is 26.0 Å². The Morgan fingerprint density at radius 2 is 1.75 bits per heavy atom. The quantitative estimate of drug-likeness (QED) is 0.560. The summed E-state index contributed by atoms with van der Waals surface area (Å²) in [5.41, 5.74) is 3.47. The van der Waals surface area contributed by atoms with Crippen molar-refractivity contribution in [3.8, 4) is 0 Å². The van der Waals surface area contributed by atoms with Crippen molar-refractivity contribution in [2.24, 2.45) is 4.99 Å². The van der Waals surface area contributed by atoms with E-state index >= 15 is 0 Å². The van der Waals surface area contributed by atoms with E-state index in [0.29, 0.717) is 0 Å². The fourth-order valence-electron chi connectivity index (χ4n) is 0.907. The van der Waals surface area contributed by atoms with Crippen LogP contribution >= 0.6 is 0 Å². The lowest BCUT2D eigenvalue weighted by molar-refractivity contribution is 1.32. The van der Waals surface area contributed by atoms with Crippen LogP contribution in [-0.4, -0.2) is 6.72 Å². The van der Waals surface area contributed by atoms with Gasteiger partial charge in [0.15, 0.2) is 0 Å². The van der Waals surface area contributed by atoms with E-state index in [1.165, 1.54) is 11.1 Å². The Bertz CT molecular complexity index is 251. The summed E-state index contributed by atoms with van der Waals surface area (Å²) < 4.78 is 0. The van der Waals surface area contributed by atoms with Gasteiger partial charge >= 0.3 is 0 Å². The number of hydrogen-bond donors (Lipinski definition) is 0. The first-order valence-electron chi connectivity index (χ1n) is 4.28. The first-order chi connectivity index (χ1) is 5.75. The molecule has 0 aliphatic carbocycles. The van der Waals surface area contributed by atoms with Crippen LogP contribution in [0.4, 0.5) is 5.69 Å². The van der Waals surface area contributed by atoms with Crippen LogP contribution in [0.5, 0.6) is 0 Å². The Hall–Kier alpha value is -1.11. The molecule has 0 amide bonds. The van der Waals surface area contributed by atoms with Crippen LogP contribution in [0.15, 0.2) is 23.2 Å². The second-order valence-corrected chi connectivity index (χ2v) is 2.38. The van der Waals surface area contributed by atoms with Gasteiger partial charge in [0, 0.05) is 0 Å². The first kappa shape index (κ1) is 10.9. The maximum Gasteiger partial charge on any atom is 0.0654 e. The van der Waals surface area contributed by atoms with E-state index in [-0.39, 0.29) is 0 Å². The minimum atomic E-state index is 0.986. The van der Waals surface area contributed by atoms with Crippen LogP contribution in [0, 0.1) is 13.8 Å². The van der Waals surface area contributed by atoms with Gasteiger partial charge < -0.3 is 0 Å². The van der Waals surface area contributed by atoms with Crippen molar-refractivity contribution >= 4 is 12.4 Å².